The first-order valence-corrected chi connectivity index (χ1v) is 11.7. The molecule has 1 N–H and O–H groups in total. The van der Waals surface area contributed by atoms with Crippen molar-refractivity contribution in [1.29, 1.82) is 0 Å². The SMILES string of the molecule is CCCC1=Nc2cc(C(=O)NC3CCCCC3C)ccc2Sc2ccc(C)cc21. The predicted octanol–water partition coefficient (Wildman–Crippen LogP) is 6.69. The molecule has 1 aliphatic carbocycles. The molecule has 3 nitrogen and oxygen atoms in total. The minimum absolute atomic E-state index is 0.0291. The van der Waals surface area contributed by atoms with Crippen molar-refractivity contribution >= 4 is 29.1 Å². The van der Waals surface area contributed by atoms with Crippen LogP contribution in [0.25, 0.3) is 0 Å². The number of rotatable bonds is 4. The van der Waals surface area contributed by atoms with E-state index < -0.39 is 0 Å². The van der Waals surface area contributed by atoms with Gasteiger partial charge in [-0.25, -0.2) is 0 Å². The normalized spacial score (nSPS) is 20.9. The van der Waals surface area contributed by atoms with Crippen molar-refractivity contribution in [3.8, 4) is 0 Å². The molecule has 0 radical (unpaired) electrons. The highest BCUT2D eigenvalue weighted by molar-refractivity contribution is 7.99. The second-order valence-electron chi connectivity index (χ2n) is 8.43. The molecule has 1 amide bonds. The highest BCUT2D eigenvalue weighted by Crippen LogP contribution is 2.41. The molecule has 152 valence electrons. The van der Waals surface area contributed by atoms with Crippen LogP contribution in [0.2, 0.25) is 0 Å². The van der Waals surface area contributed by atoms with Crippen molar-refractivity contribution in [2.24, 2.45) is 10.9 Å². The third kappa shape index (κ3) is 4.42. The van der Waals surface area contributed by atoms with Gasteiger partial charge in [0.05, 0.1) is 5.69 Å². The number of carbonyl (C=O) groups excluding carboxylic acids is 1. The van der Waals surface area contributed by atoms with Gasteiger partial charge in [-0.15, -0.1) is 0 Å². The molecule has 1 saturated carbocycles. The lowest BCUT2D eigenvalue weighted by Gasteiger charge is -2.29. The molecule has 1 aliphatic heterocycles. The average molecular weight is 407 g/mol. The summed E-state index contributed by atoms with van der Waals surface area (Å²) in [6, 6.07) is 12.9. The Balaban J connectivity index is 1.65. The van der Waals surface area contributed by atoms with Gasteiger partial charge in [-0.1, -0.05) is 56.5 Å². The third-order valence-corrected chi connectivity index (χ3v) is 7.20. The minimum Gasteiger partial charge on any atom is -0.349 e. The van der Waals surface area contributed by atoms with Crippen LogP contribution in [0, 0.1) is 12.8 Å². The van der Waals surface area contributed by atoms with E-state index >= 15 is 0 Å². The van der Waals surface area contributed by atoms with Gasteiger partial charge in [0.25, 0.3) is 5.91 Å². The highest BCUT2D eigenvalue weighted by atomic mass is 32.2. The Kier molecular flexibility index (Phi) is 6.09. The second-order valence-corrected chi connectivity index (χ2v) is 9.52. The van der Waals surface area contributed by atoms with Crippen molar-refractivity contribution in [3.05, 3.63) is 53.1 Å². The number of hydrogen-bond acceptors (Lipinski definition) is 3. The van der Waals surface area contributed by atoms with Gasteiger partial charge in [-0.05, 0) is 62.4 Å². The Hall–Kier alpha value is -2.07. The fourth-order valence-electron chi connectivity index (χ4n) is 4.32. The predicted molar refractivity (Wildman–Crippen MR) is 122 cm³/mol. The molecule has 29 heavy (non-hydrogen) atoms. The van der Waals surface area contributed by atoms with Crippen LogP contribution in [0.15, 0.2) is 51.2 Å². The number of benzene rings is 2. The third-order valence-electron chi connectivity index (χ3n) is 6.06. The molecule has 0 bridgehead atoms. The number of aliphatic imine (C=N–C) groups is 1. The summed E-state index contributed by atoms with van der Waals surface area (Å²) in [7, 11) is 0. The summed E-state index contributed by atoms with van der Waals surface area (Å²) in [6.07, 6.45) is 6.75. The van der Waals surface area contributed by atoms with Crippen molar-refractivity contribution in [2.75, 3.05) is 0 Å². The molecule has 0 saturated heterocycles. The van der Waals surface area contributed by atoms with Crippen LogP contribution in [0.1, 0.15) is 73.9 Å². The zero-order valence-corrected chi connectivity index (χ0v) is 18.4. The Labute approximate surface area is 178 Å². The van der Waals surface area contributed by atoms with E-state index in [1.807, 2.05) is 12.1 Å². The number of nitrogens with one attached hydrogen (secondary N) is 1. The van der Waals surface area contributed by atoms with Crippen LogP contribution in [0.3, 0.4) is 0 Å². The monoisotopic (exact) mass is 406 g/mol. The number of aryl methyl sites for hydroxylation is 1. The Bertz CT molecular complexity index is 950. The molecule has 2 atom stereocenters. The summed E-state index contributed by atoms with van der Waals surface area (Å²) in [5.41, 5.74) is 5.23. The molecular weight excluding hydrogens is 376 g/mol. The first kappa shape index (κ1) is 20.2. The van der Waals surface area contributed by atoms with Crippen LogP contribution in [-0.2, 0) is 0 Å². The Morgan fingerprint density at radius 1 is 1.14 bits per heavy atom. The summed E-state index contributed by atoms with van der Waals surface area (Å²) in [4.78, 5) is 20.3. The van der Waals surface area contributed by atoms with E-state index in [-0.39, 0.29) is 11.9 Å². The molecule has 2 aliphatic rings. The van der Waals surface area contributed by atoms with Gasteiger partial charge in [0.15, 0.2) is 0 Å². The fraction of sp³-hybridized carbons (Fsp3) is 0.440. The van der Waals surface area contributed by atoms with E-state index in [0.717, 1.165) is 35.6 Å². The summed E-state index contributed by atoms with van der Waals surface area (Å²) >= 11 is 1.75. The maximum Gasteiger partial charge on any atom is 0.251 e. The standard InChI is InChI=1S/C25H30N2OS/c1-4-7-21-19-14-16(2)10-12-23(19)29-24-13-11-18(15-22(24)26-21)25(28)27-20-9-6-5-8-17(20)3/h10-15,17,20H,4-9H2,1-3H3,(H,27,28). The number of fused-ring (bicyclic) bond motifs is 2. The van der Waals surface area contributed by atoms with Crippen LogP contribution in [-0.4, -0.2) is 17.7 Å². The average Bonchev–Trinajstić information content (AvgIpc) is 2.86. The van der Waals surface area contributed by atoms with Gasteiger partial charge in [0.1, 0.15) is 0 Å². The summed E-state index contributed by atoms with van der Waals surface area (Å²) in [6.45, 7) is 6.56. The molecule has 0 aromatic heterocycles. The van der Waals surface area contributed by atoms with Gasteiger partial charge in [-0.2, -0.15) is 0 Å². The van der Waals surface area contributed by atoms with Crippen LogP contribution in [0.4, 0.5) is 5.69 Å². The maximum absolute atomic E-state index is 12.9. The van der Waals surface area contributed by atoms with Gasteiger partial charge in [-0.3, -0.25) is 9.79 Å². The van der Waals surface area contributed by atoms with E-state index in [9.17, 15) is 4.79 Å². The first-order chi connectivity index (χ1) is 14.0. The van der Waals surface area contributed by atoms with Crippen molar-refractivity contribution < 1.29 is 4.79 Å². The van der Waals surface area contributed by atoms with E-state index in [4.69, 9.17) is 4.99 Å². The lowest BCUT2D eigenvalue weighted by atomic mass is 9.86. The largest absolute Gasteiger partial charge is 0.349 e. The molecule has 2 unspecified atom stereocenters. The molecule has 2 aromatic carbocycles. The van der Waals surface area contributed by atoms with Crippen LogP contribution < -0.4 is 5.32 Å². The quantitative estimate of drug-likeness (QED) is 0.614. The maximum atomic E-state index is 12.9. The van der Waals surface area contributed by atoms with E-state index in [2.05, 4.69) is 50.4 Å². The molecule has 4 rings (SSSR count). The van der Waals surface area contributed by atoms with E-state index in [1.54, 1.807) is 11.8 Å². The second kappa shape index (κ2) is 8.74. The lowest BCUT2D eigenvalue weighted by Crippen LogP contribution is -2.41. The lowest BCUT2D eigenvalue weighted by molar-refractivity contribution is 0.0910. The summed E-state index contributed by atoms with van der Waals surface area (Å²) < 4.78 is 0. The van der Waals surface area contributed by atoms with Crippen molar-refractivity contribution in [3.63, 3.8) is 0 Å². The van der Waals surface area contributed by atoms with Crippen LogP contribution >= 0.6 is 11.8 Å². The van der Waals surface area contributed by atoms with Gasteiger partial charge in [0, 0.05) is 32.7 Å². The minimum atomic E-state index is 0.0291. The smallest absolute Gasteiger partial charge is 0.251 e. The highest BCUT2D eigenvalue weighted by Gasteiger charge is 2.24. The zero-order chi connectivity index (χ0) is 20.4. The first-order valence-electron chi connectivity index (χ1n) is 10.9. The molecule has 1 fully saturated rings. The van der Waals surface area contributed by atoms with Crippen molar-refractivity contribution in [2.45, 2.75) is 75.1 Å². The Morgan fingerprint density at radius 3 is 2.72 bits per heavy atom. The molecule has 2 aromatic rings. The fourth-order valence-corrected chi connectivity index (χ4v) is 5.33. The molecule has 1 heterocycles. The van der Waals surface area contributed by atoms with Gasteiger partial charge >= 0.3 is 0 Å². The summed E-state index contributed by atoms with van der Waals surface area (Å²) in [5.74, 6) is 0.581. The molecular formula is C25H30N2OS. The number of carbonyl (C=O) groups is 1. The topological polar surface area (TPSA) is 41.5 Å². The van der Waals surface area contributed by atoms with Gasteiger partial charge in [0.2, 0.25) is 0 Å². The van der Waals surface area contributed by atoms with Crippen LogP contribution in [0.5, 0.6) is 0 Å². The Morgan fingerprint density at radius 2 is 1.93 bits per heavy atom. The zero-order valence-electron chi connectivity index (χ0n) is 17.6. The van der Waals surface area contributed by atoms with Gasteiger partial charge < -0.3 is 5.32 Å². The summed E-state index contributed by atoms with van der Waals surface area (Å²) in [5, 5.41) is 3.27. The number of nitrogens with zero attached hydrogens (tertiary/aromatic N) is 1. The molecule has 0 spiro atoms. The van der Waals surface area contributed by atoms with Crippen molar-refractivity contribution in [1.82, 2.24) is 5.32 Å². The van der Waals surface area contributed by atoms with E-state index in [1.165, 1.54) is 35.3 Å². The van der Waals surface area contributed by atoms with E-state index in [0.29, 0.717) is 11.5 Å². The number of hydrogen-bond donors (Lipinski definition) is 1. The number of amides is 1. The molecule has 4 heteroatoms.